The Balaban J connectivity index is 1.97. The number of para-hydroxylation sites is 1. The first-order valence-corrected chi connectivity index (χ1v) is 6.56. The van der Waals surface area contributed by atoms with Gasteiger partial charge < -0.3 is 4.74 Å². The van der Waals surface area contributed by atoms with Crippen LogP contribution < -0.4 is 4.90 Å². The minimum Gasteiger partial charge on any atom is -0.439 e. The lowest BCUT2D eigenvalue weighted by Gasteiger charge is -2.20. The number of rotatable bonds is 3. The molecule has 8 nitrogen and oxygen atoms in total. The molecule has 0 spiro atoms. The lowest BCUT2D eigenvalue weighted by molar-refractivity contribution is -0.159. The smallest absolute Gasteiger partial charge is 0.422 e. The Morgan fingerprint density at radius 3 is 2.67 bits per heavy atom. The summed E-state index contributed by atoms with van der Waals surface area (Å²) in [5.41, 5.74) is 0.743. The second kappa shape index (κ2) is 6.10. The van der Waals surface area contributed by atoms with Crippen LogP contribution in [0, 0.1) is 0 Å². The van der Waals surface area contributed by atoms with Crippen LogP contribution in [0.4, 0.5) is 29.6 Å². The Kier molecular flexibility index (Phi) is 3.98. The maximum atomic E-state index is 12.3. The van der Waals surface area contributed by atoms with Gasteiger partial charge in [0.1, 0.15) is 5.52 Å². The Bertz CT molecular complexity index is 852. The number of hydrogen-bond acceptors (Lipinski definition) is 6. The van der Waals surface area contributed by atoms with E-state index in [0.717, 1.165) is 4.90 Å². The average molecular weight is 338 g/mol. The number of alkyl halides is 3. The summed E-state index contributed by atoms with van der Waals surface area (Å²) in [7, 11) is 0. The number of carbonyl (C=O) groups is 1. The van der Waals surface area contributed by atoms with Crippen LogP contribution in [0.5, 0.6) is 0 Å². The Hall–Kier alpha value is -3.24. The number of aromatic amines is 1. The molecule has 0 fully saturated rings. The second-order valence-electron chi connectivity index (χ2n) is 4.54. The van der Waals surface area contributed by atoms with Crippen molar-refractivity contribution in [2.24, 2.45) is 0 Å². The number of ether oxygens (including phenoxy) is 1. The molecule has 2 heterocycles. The van der Waals surface area contributed by atoms with Gasteiger partial charge in [0.15, 0.2) is 6.61 Å². The van der Waals surface area contributed by atoms with Crippen LogP contribution in [0.3, 0.4) is 0 Å². The first-order chi connectivity index (χ1) is 11.4. The SMILES string of the molecule is O=C(OCC(F)(F)F)N(c1ccccc1)c1ncc2n[nH]nc2n1. The highest BCUT2D eigenvalue weighted by atomic mass is 19.4. The molecule has 0 aliphatic heterocycles. The summed E-state index contributed by atoms with van der Waals surface area (Å²) in [5.74, 6) is -0.185. The third-order valence-corrected chi connectivity index (χ3v) is 2.82. The van der Waals surface area contributed by atoms with Gasteiger partial charge in [-0.2, -0.15) is 28.5 Å². The standard InChI is InChI=1S/C13H9F3N6O2/c14-13(15,16)7-24-12(23)22(8-4-2-1-3-5-8)11-17-6-9-10(18-11)20-21-19-9/h1-6H,7H2,(H,17,18,19,20,21). The number of aromatic nitrogens is 5. The largest absolute Gasteiger partial charge is 0.439 e. The Morgan fingerprint density at radius 1 is 1.21 bits per heavy atom. The van der Waals surface area contributed by atoms with Gasteiger partial charge in [0, 0.05) is 0 Å². The van der Waals surface area contributed by atoms with Crippen LogP contribution in [-0.4, -0.2) is 44.3 Å². The molecule has 3 aromatic rings. The minimum atomic E-state index is -4.64. The van der Waals surface area contributed by atoms with Gasteiger partial charge in [-0.05, 0) is 12.1 Å². The highest BCUT2D eigenvalue weighted by molar-refractivity contribution is 5.94. The zero-order chi connectivity index (χ0) is 17.2. The van der Waals surface area contributed by atoms with Crippen molar-refractivity contribution in [1.29, 1.82) is 0 Å². The van der Waals surface area contributed by atoms with E-state index in [1.54, 1.807) is 18.2 Å². The summed E-state index contributed by atoms with van der Waals surface area (Å²) in [5, 5.41) is 9.85. The van der Waals surface area contributed by atoms with Gasteiger partial charge in [-0.25, -0.2) is 14.7 Å². The van der Waals surface area contributed by atoms with E-state index in [4.69, 9.17) is 0 Å². The number of nitrogens with one attached hydrogen (secondary N) is 1. The van der Waals surface area contributed by atoms with Crippen molar-refractivity contribution in [3.63, 3.8) is 0 Å². The van der Waals surface area contributed by atoms with E-state index in [1.807, 2.05) is 0 Å². The molecule has 0 atom stereocenters. The molecule has 1 aromatic carbocycles. The minimum absolute atomic E-state index is 0.157. The second-order valence-corrected chi connectivity index (χ2v) is 4.54. The van der Waals surface area contributed by atoms with Crippen molar-refractivity contribution in [3.05, 3.63) is 36.5 Å². The first-order valence-electron chi connectivity index (χ1n) is 6.56. The molecule has 0 bridgehead atoms. The molecule has 0 aliphatic carbocycles. The summed E-state index contributed by atoms with van der Waals surface area (Å²) < 4.78 is 41.2. The van der Waals surface area contributed by atoms with Crippen molar-refractivity contribution in [2.75, 3.05) is 11.5 Å². The highest BCUT2D eigenvalue weighted by Gasteiger charge is 2.32. The monoisotopic (exact) mass is 338 g/mol. The van der Waals surface area contributed by atoms with Gasteiger partial charge in [0.25, 0.3) is 0 Å². The van der Waals surface area contributed by atoms with Gasteiger partial charge in [0.05, 0.1) is 11.9 Å². The fraction of sp³-hybridized carbons (Fsp3) is 0.154. The van der Waals surface area contributed by atoms with Crippen LogP contribution in [0.2, 0.25) is 0 Å². The number of amides is 1. The van der Waals surface area contributed by atoms with E-state index in [1.165, 1.54) is 18.3 Å². The molecule has 1 N–H and O–H groups in total. The van der Waals surface area contributed by atoms with E-state index >= 15 is 0 Å². The predicted molar refractivity (Wildman–Crippen MR) is 75.5 cm³/mol. The molecule has 0 saturated heterocycles. The predicted octanol–water partition coefficient (Wildman–Crippen LogP) is 2.58. The quantitative estimate of drug-likeness (QED) is 0.788. The third kappa shape index (κ3) is 3.39. The fourth-order valence-corrected chi connectivity index (χ4v) is 1.84. The van der Waals surface area contributed by atoms with Gasteiger partial charge >= 0.3 is 12.3 Å². The average Bonchev–Trinajstić information content (AvgIpc) is 3.01. The number of hydrogen-bond donors (Lipinski definition) is 1. The molecule has 11 heteroatoms. The van der Waals surface area contributed by atoms with Crippen molar-refractivity contribution >= 4 is 28.9 Å². The lowest BCUT2D eigenvalue weighted by atomic mass is 10.3. The summed E-state index contributed by atoms with van der Waals surface area (Å²) in [6.45, 7) is -1.72. The zero-order valence-electron chi connectivity index (χ0n) is 11.9. The van der Waals surface area contributed by atoms with Crippen molar-refractivity contribution in [1.82, 2.24) is 25.4 Å². The number of halogens is 3. The number of fused-ring (bicyclic) bond motifs is 1. The normalized spacial score (nSPS) is 11.5. The molecule has 0 radical (unpaired) electrons. The molecule has 1 amide bonds. The molecule has 3 rings (SSSR count). The Morgan fingerprint density at radius 2 is 1.96 bits per heavy atom. The summed E-state index contributed by atoms with van der Waals surface area (Å²) in [4.78, 5) is 20.9. The number of H-pyrrole nitrogens is 1. The van der Waals surface area contributed by atoms with E-state index < -0.39 is 18.9 Å². The van der Waals surface area contributed by atoms with Gasteiger partial charge in [-0.1, -0.05) is 18.2 Å². The van der Waals surface area contributed by atoms with E-state index in [-0.39, 0.29) is 17.3 Å². The summed E-state index contributed by atoms with van der Waals surface area (Å²) >= 11 is 0. The first kappa shape index (κ1) is 15.6. The zero-order valence-corrected chi connectivity index (χ0v) is 11.9. The van der Waals surface area contributed by atoms with E-state index in [9.17, 15) is 18.0 Å². The topological polar surface area (TPSA) is 96.9 Å². The maximum Gasteiger partial charge on any atom is 0.422 e. The van der Waals surface area contributed by atoms with Gasteiger partial charge in [0.2, 0.25) is 11.6 Å². The fourth-order valence-electron chi connectivity index (χ4n) is 1.84. The number of benzene rings is 1. The molecule has 0 aliphatic rings. The highest BCUT2D eigenvalue weighted by Crippen LogP contribution is 2.24. The molecule has 2 aromatic heterocycles. The molecule has 0 unspecified atom stereocenters. The van der Waals surface area contributed by atoms with Gasteiger partial charge in [-0.3, -0.25) is 0 Å². The van der Waals surface area contributed by atoms with Crippen LogP contribution >= 0.6 is 0 Å². The molecule has 0 saturated carbocycles. The summed E-state index contributed by atoms with van der Waals surface area (Å²) in [6, 6.07) is 7.91. The van der Waals surface area contributed by atoms with Crippen molar-refractivity contribution in [2.45, 2.75) is 6.18 Å². The van der Waals surface area contributed by atoms with Crippen LogP contribution in [0.15, 0.2) is 36.5 Å². The van der Waals surface area contributed by atoms with Crippen LogP contribution in [-0.2, 0) is 4.74 Å². The molecule has 124 valence electrons. The van der Waals surface area contributed by atoms with E-state index in [2.05, 4.69) is 30.1 Å². The molecular weight excluding hydrogens is 329 g/mol. The number of carbonyl (C=O) groups excluding carboxylic acids is 1. The number of anilines is 2. The van der Waals surface area contributed by atoms with Crippen molar-refractivity contribution < 1.29 is 22.7 Å². The molecular formula is C13H9F3N6O2. The van der Waals surface area contributed by atoms with Crippen LogP contribution in [0.25, 0.3) is 11.2 Å². The van der Waals surface area contributed by atoms with E-state index in [0.29, 0.717) is 5.52 Å². The van der Waals surface area contributed by atoms with Crippen molar-refractivity contribution in [3.8, 4) is 0 Å². The van der Waals surface area contributed by atoms with Crippen LogP contribution in [0.1, 0.15) is 0 Å². The third-order valence-electron chi connectivity index (χ3n) is 2.82. The van der Waals surface area contributed by atoms with Gasteiger partial charge in [-0.15, -0.1) is 5.10 Å². The number of nitrogens with zero attached hydrogens (tertiary/aromatic N) is 5. The Labute approximate surface area is 132 Å². The molecule has 24 heavy (non-hydrogen) atoms. The summed E-state index contributed by atoms with van der Waals surface area (Å²) in [6.07, 6.45) is -4.62. The maximum absolute atomic E-state index is 12.3. The lowest BCUT2D eigenvalue weighted by Crippen LogP contribution is -2.31.